The zero-order chi connectivity index (χ0) is 12.6. The molecule has 0 amide bonds. The number of nitrogens with two attached hydrogens (primary N) is 1. The van der Waals surface area contributed by atoms with Crippen molar-refractivity contribution < 1.29 is 4.79 Å². The van der Waals surface area contributed by atoms with Gasteiger partial charge in [-0.25, -0.2) is 0 Å². The van der Waals surface area contributed by atoms with Gasteiger partial charge in [-0.05, 0) is 44.0 Å². The van der Waals surface area contributed by atoms with Crippen molar-refractivity contribution in [2.24, 2.45) is 0 Å². The fourth-order valence-corrected chi connectivity index (χ4v) is 1.90. The average Bonchev–Trinajstić information content (AvgIpc) is 2.56. The summed E-state index contributed by atoms with van der Waals surface area (Å²) in [5.41, 5.74) is 10.8. The van der Waals surface area contributed by atoms with Crippen molar-refractivity contribution in [3.63, 3.8) is 0 Å². The first kappa shape index (κ1) is 11.5. The Hall–Kier alpha value is -2.03. The molecule has 3 nitrogen and oxygen atoms in total. The number of aromatic nitrogens is 1. The van der Waals surface area contributed by atoms with E-state index < -0.39 is 0 Å². The Morgan fingerprint density at radius 3 is 2.41 bits per heavy atom. The van der Waals surface area contributed by atoms with Crippen molar-refractivity contribution >= 4 is 11.5 Å². The van der Waals surface area contributed by atoms with Crippen LogP contribution in [0.1, 0.15) is 32.9 Å². The zero-order valence-corrected chi connectivity index (χ0v) is 10.3. The highest BCUT2D eigenvalue weighted by atomic mass is 16.1. The van der Waals surface area contributed by atoms with Crippen LogP contribution >= 0.6 is 0 Å². The summed E-state index contributed by atoms with van der Waals surface area (Å²) >= 11 is 0. The molecule has 1 aromatic heterocycles. The first-order chi connectivity index (χ1) is 8.00. The molecule has 2 aromatic rings. The summed E-state index contributed by atoms with van der Waals surface area (Å²) in [6, 6.07) is 7.05. The van der Waals surface area contributed by atoms with Gasteiger partial charge >= 0.3 is 0 Å². The van der Waals surface area contributed by atoms with E-state index in [0.29, 0.717) is 16.9 Å². The normalized spacial score (nSPS) is 10.5. The van der Waals surface area contributed by atoms with Crippen LogP contribution in [-0.4, -0.2) is 10.8 Å². The van der Waals surface area contributed by atoms with Gasteiger partial charge in [0.25, 0.3) is 0 Å². The monoisotopic (exact) mass is 228 g/mol. The highest BCUT2D eigenvalue weighted by Crippen LogP contribution is 2.20. The number of aromatic amines is 1. The molecule has 0 saturated heterocycles. The van der Waals surface area contributed by atoms with Crippen molar-refractivity contribution in [2.75, 3.05) is 5.73 Å². The predicted octanol–water partition coefficient (Wildman–Crippen LogP) is 2.75. The van der Waals surface area contributed by atoms with Gasteiger partial charge in [0.15, 0.2) is 0 Å². The van der Waals surface area contributed by atoms with Gasteiger partial charge in [-0.3, -0.25) is 4.79 Å². The molecule has 3 N–H and O–H groups in total. The van der Waals surface area contributed by atoms with Crippen LogP contribution in [0.3, 0.4) is 0 Å². The van der Waals surface area contributed by atoms with Crippen LogP contribution in [0, 0.1) is 20.8 Å². The molecule has 0 fully saturated rings. The largest absolute Gasteiger partial charge is 0.399 e. The summed E-state index contributed by atoms with van der Waals surface area (Å²) in [5.74, 6) is -0.00833. The van der Waals surface area contributed by atoms with Crippen LogP contribution in [0.25, 0.3) is 0 Å². The quantitative estimate of drug-likeness (QED) is 0.613. The van der Waals surface area contributed by atoms with E-state index in [1.807, 2.05) is 20.8 Å². The van der Waals surface area contributed by atoms with E-state index in [-0.39, 0.29) is 5.78 Å². The van der Waals surface area contributed by atoms with Gasteiger partial charge < -0.3 is 10.7 Å². The molecule has 0 spiro atoms. The zero-order valence-electron chi connectivity index (χ0n) is 10.3. The van der Waals surface area contributed by atoms with Gasteiger partial charge in [0.05, 0.1) is 5.69 Å². The third kappa shape index (κ3) is 1.96. The number of carbonyl (C=O) groups is 1. The number of H-pyrrole nitrogens is 1. The fourth-order valence-electron chi connectivity index (χ4n) is 1.90. The van der Waals surface area contributed by atoms with Crippen LogP contribution in [0.2, 0.25) is 0 Å². The van der Waals surface area contributed by atoms with Crippen LogP contribution in [0.4, 0.5) is 5.69 Å². The Balaban J connectivity index is 2.47. The fraction of sp³-hybridized carbons (Fsp3) is 0.214. The molecule has 17 heavy (non-hydrogen) atoms. The summed E-state index contributed by atoms with van der Waals surface area (Å²) in [7, 11) is 0. The topological polar surface area (TPSA) is 58.9 Å². The SMILES string of the molecule is Cc1[nH]c(C(=O)c2cccc(N)c2)c(C)c1C. The van der Waals surface area contributed by atoms with E-state index in [4.69, 9.17) is 5.73 Å². The van der Waals surface area contributed by atoms with Gasteiger partial charge in [0.1, 0.15) is 0 Å². The van der Waals surface area contributed by atoms with Crippen LogP contribution in [0.5, 0.6) is 0 Å². The number of benzene rings is 1. The molecule has 0 unspecified atom stereocenters. The smallest absolute Gasteiger partial charge is 0.209 e. The predicted molar refractivity (Wildman–Crippen MR) is 69.3 cm³/mol. The highest BCUT2D eigenvalue weighted by molar-refractivity contribution is 6.09. The van der Waals surface area contributed by atoms with E-state index in [1.165, 1.54) is 0 Å². The van der Waals surface area contributed by atoms with E-state index in [9.17, 15) is 4.79 Å². The lowest BCUT2D eigenvalue weighted by molar-refractivity contribution is 0.103. The maximum Gasteiger partial charge on any atom is 0.209 e. The molecule has 2 rings (SSSR count). The van der Waals surface area contributed by atoms with Gasteiger partial charge in [-0.2, -0.15) is 0 Å². The van der Waals surface area contributed by atoms with Crippen molar-refractivity contribution in [1.29, 1.82) is 0 Å². The molecule has 0 aliphatic rings. The average molecular weight is 228 g/mol. The molecule has 3 heteroatoms. The third-order valence-corrected chi connectivity index (χ3v) is 3.19. The van der Waals surface area contributed by atoms with Crippen molar-refractivity contribution in [3.05, 3.63) is 52.3 Å². The standard InChI is InChI=1S/C14H16N2O/c1-8-9(2)13(16-10(8)3)14(17)11-5-4-6-12(15)7-11/h4-7,16H,15H2,1-3H3. The number of rotatable bonds is 2. The third-order valence-electron chi connectivity index (χ3n) is 3.19. The Labute approximate surface area is 101 Å². The van der Waals surface area contributed by atoms with E-state index in [0.717, 1.165) is 16.8 Å². The second-order valence-electron chi connectivity index (χ2n) is 4.33. The Bertz CT molecular complexity index is 582. The van der Waals surface area contributed by atoms with Crippen LogP contribution < -0.4 is 5.73 Å². The maximum atomic E-state index is 12.3. The minimum Gasteiger partial charge on any atom is -0.399 e. The lowest BCUT2D eigenvalue weighted by atomic mass is 10.0. The van der Waals surface area contributed by atoms with Crippen LogP contribution in [-0.2, 0) is 0 Å². The molecular formula is C14H16N2O. The molecule has 1 aromatic carbocycles. The molecule has 0 atom stereocenters. The first-order valence-corrected chi connectivity index (χ1v) is 5.56. The minimum atomic E-state index is -0.00833. The number of hydrogen-bond acceptors (Lipinski definition) is 2. The number of nitrogens with one attached hydrogen (secondary N) is 1. The van der Waals surface area contributed by atoms with Gasteiger partial charge in [-0.15, -0.1) is 0 Å². The molecule has 1 heterocycles. The summed E-state index contributed by atoms with van der Waals surface area (Å²) in [4.78, 5) is 15.4. The van der Waals surface area contributed by atoms with Crippen molar-refractivity contribution in [2.45, 2.75) is 20.8 Å². The second-order valence-corrected chi connectivity index (χ2v) is 4.33. The van der Waals surface area contributed by atoms with E-state index in [1.54, 1.807) is 24.3 Å². The molecule has 88 valence electrons. The number of anilines is 1. The number of hydrogen-bond donors (Lipinski definition) is 2. The Morgan fingerprint density at radius 1 is 1.18 bits per heavy atom. The number of ketones is 1. The molecule has 0 radical (unpaired) electrons. The van der Waals surface area contributed by atoms with E-state index in [2.05, 4.69) is 4.98 Å². The lowest BCUT2D eigenvalue weighted by Gasteiger charge is -2.01. The maximum absolute atomic E-state index is 12.3. The molecule has 0 aliphatic carbocycles. The Kier molecular flexibility index (Phi) is 2.76. The van der Waals surface area contributed by atoms with Crippen molar-refractivity contribution in [1.82, 2.24) is 4.98 Å². The van der Waals surface area contributed by atoms with Gasteiger partial charge in [0, 0.05) is 16.9 Å². The van der Waals surface area contributed by atoms with E-state index >= 15 is 0 Å². The minimum absolute atomic E-state index is 0.00833. The highest BCUT2D eigenvalue weighted by Gasteiger charge is 2.16. The van der Waals surface area contributed by atoms with Gasteiger partial charge in [-0.1, -0.05) is 12.1 Å². The van der Waals surface area contributed by atoms with Crippen LogP contribution in [0.15, 0.2) is 24.3 Å². The molecule has 0 bridgehead atoms. The second kappa shape index (κ2) is 4.09. The number of carbonyl (C=O) groups excluding carboxylic acids is 1. The molecular weight excluding hydrogens is 212 g/mol. The van der Waals surface area contributed by atoms with Gasteiger partial charge in [0.2, 0.25) is 5.78 Å². The summed E-state index contributed by atoms with van der Waals surface area (Å²) in [5, 5.41) is 0. The Morgan fingerprint density at radius 2 is 1.88 bits per heavy atom. The summed E-state index contributed by atoms with van der Waals surface area (Å²) in [6.45, 7) is 5.94. The number of aryl methyl sites for hydroxylation is 1. The van der Waals surface area contributed by atoms with Crippen molar-refractivity contribution in [3.8, 4) is 0 Å². The number of nitrogen functional groups attached to an aromatic ring is 1. The summed E-state index contributed by atoms with van der Waals surface area (Å²) < 4.78 is 0. The lowest BCUT2D eigenvalue weighted by Crippen LogP contribution is -2.04. The molecule has 0 aliphatic heterocycles. The summed E-state index contributed by atoms with van der Waals surface area (Å²) in [6.07, 6.45) is 0. The molecule has 0 saturated carbocycles. The first-order valence-electron chi connectivity index (χ1n) is 5.56.